The zero-order valence-electron chi connectivity index (χ0n) is 16.2. The first kappa shape index (κ1) is 20.1. The van der Waals surface area contributed by atoms with Crippen LogP contribution in [0.25, 0.3) is 6.08 Å². The van der Waals surface area contributed by atoms with Gasteiger partial charge in [-0.3, -0.25) is 4.79 Å². The molecule has 5 rings (SSSR count). The summed E-state index contributed by atoms with van der Waals surface area (Å²) in [5.74, 6) is 1.90. The molecule has 7 heteroatoms. The highest BCUT2D eigenvalue weighted by atomic mass is 79.9. The van der Waals surface area contributed by atoms with Crippen molar-refractivity contribution in [2.24, 2.45) is 0 Å². The van der Waals surface area contributed by atoms with Gasteiger partial charge in [-0.1, -0.05) is 45.7 Å². The summed E-state index contributed by atoms with van der Waals surface area (Å²) >= 11 is 9.70. The molecule has 2 aliphatic heterocycles. The van der Waals surface area contributed by atoms with Crippen LogP contribution in [0.1, 0.15) is 27.0 Å². The van der Waals surface area contributed by atoms with Crippen LogP contribution < -0.4 is 14.2 Å². The predicted octanol–water partition coefficient (Wildman–Crippen LogP) is 6.16. The maximum Gasteiger partial charge on any atom is 0.231 e. The number of Topliss-reactive ketones (excluding diaryl/α,β-unsaturated/α-hetero) is 1. The van der Waals surface area contributed by atoms with Gasteiger partial charge in [-0.25, -0.2) is 0 Å². The van der Waals surface area contributed by atoms with Crippen molar-refractivity contribution in [3.8, 4) is 17.2 Å². The molecule has 0 spiro atoms. The van der Waals surface area contributed by atoms with E-state index in [9.17, 15) is 4.79 Å². The van der Waals surface area contributed by atoms with E-state index in [-0.39, 0.29) is 24.9 Å². The van der Waals surface area contributed by atoms with Gasteiger partial charge >= 0.3 is 0 Å². The molecule has 0 fully saturated rings. The van der Waals surface area contributed by atoms with Crippen LogP contribution >= 0.6 is 27.5 Å². The number of benzene rings is 3. The average molecular weight is 500 g/mol. The van der Waals surface area contributed by atoms with Crippen LogP contribution in [-0.4, -0.2) is 12.6 Å². The molecular weight excluding hydrogens is 484 g/mol. The van der Waals surface area contributed by atoms with E-state index in [1.807, 2.05) is 36.4 Å². The smallest absolute Gasteiger partial charge is 0.231 e. The Morgan fingerprint density at radius 3 is 2.87 bits per heavy atom. The number of hydrogen-bond acceptors (Lipinski definition) is 5. The van der Waals surface area contributed by atoms with Gasteiger partial charge in [0.15, 0.2) is 12.6 Å². The van der Waals surface area contributed by atoms with Crippen LogP contribution in [-0.2, 0) is 18.0 Å². The highest BCUT2D eigenvalue weighted by Crippen LogP contribution is 2.37. The van der Waals surface area contributed by atoms with Crippen molar-refractivity contribution in [3.05, 3.63) is 92.1 Å². The fourth-order valence-corrected chi connectivity index (χ4v) is 4.18. The third-order valence-electron chi connectivity index (χ3n) is 4.98. The maximum absolute atomic E-state index is 12.7. The van der Waals surface area contributed by atoms with Gasteiger partial charge in [-0.05, 0) is 42.0 Å². The molecule has 0 aliphatic carbocycles. The van der Waals surface area contributed by atoms with Gasteiger partial charge in [-0.2, -0.15) is 0 Å². The van der Waals surface area contributed by atoms with Crippen molar-refractivity contribution in [2.45, 2.75) is 13.2 Å². The minimum absolute atomic E-state index is 0.158. The molecule has 0 N–H and O–H groups in total. The Bertz CT molecular complexity index is 1220. The van der Waals surface area contributed by atoms with E-state index in [1.54, 1.807) is 24.3 Å². The Labute approximate surface area is 192 Å². The average Bonchev–Trinajstić information content (AvgIpc) is 3.08. The lowest BCUT2D eigenvalue weighted by Crippen LogP contribution is -2.14. The van der Waals surface area contributed by atoms with E-state index >= 15 is 0 Å². The highest BCUT2D eigenvalue weighted by Gasteiger charge is 2.28. The molecule has 0 saturated carbocycles. The summed E-state index contributed by atoms with van der Waals surface area (Å²) in [6.07, 6.45) is 1.73. The summed E-state index contributed by atoms with van der Waals surface area (Å²) in [6, 6.07) is 16.5. The summed E-state index contributed by atoms with van der Waals surface area (Å²) in [7, 11) is 0. The normalized spacial score (nSPS) is 15.8. The SMILES string of the molecule is O=C1/C(=C/c2ccccc2Br)Oc2cc(OCc3cc(Cl)cc4c3OCOC4)ccc21. The summed E-state index contributed by atoms with van der Waals surface area (Å²) < 4.78 is 23.6. The van der Waals surface area contributed by atoms with Crippen LogP contribution in [0.5, 0.6) is 17.2 Å². The number of ketones is 1. The number of allylic oxidation sites excluding steroid dienone is 1. The fraction of sp³-hybridized carbons (Fsp3) is 0.125. The molecule has 2 aliphatic rings. The first-order valence-electron chi connectivity index (χ1n) is 9.56. The second-order valence-corrected chi connectivity index (χ2v) is 8.36. The topological polar surface area (TPSA) is 54.0 Å². The zero-order chi connectivity index (χ0) is 21.4. The number of halogens is 2. The lowest BCUT2D eigenvalue weighted by molar-refractivity contribution is -0.0175. The standard InChI is InChI=1S/C24H16BrClO5/c25-20-4-2-1-3-14(20)9-22-23(27)19-6-5-18(10-21(19)31-22)29-12-16-8-17(26)7-15-11-28-13-30-24(15)16/h1-10H,11-13H2/b22-9-. The van der Waals surface area contributed by atoms with Crippen molar-refractivity contribution in [3.63, 3.8) is 0 Å². The third kappa shape index (κ3) is 4.06. The van der Waals surface area contributed by atoms with Crippen molar-refractivity contribution in [2.75, 3.05) is 6.79 Å². The first-order chi connectivity index (χ1) is 15.1. The summed E-state index contributed by atoms with van der Waals surface area (Å²) in [5, 5.41) is 0.594. The summed E-state index contributed by atoms with van der Waals surface area (Å²) in [4.78, 5) is 12.7. The Morgan fingerprint density at radius 2 is 2.00 bits per heavy atom. The van der Waals surface area contributed by atoms with Crippen molar-refractivity contribution in [1.82, 2.24) is 0 Å². The van der Waals surface area contributed by atoms with Gasteiger partial charge < -0.3 is 18.9 Å². The molecule has 5 nitrogen and oxygen atoms in total. The van der Waals surface area contributed by atoms with E-state index in [2.05, 4.69) is 15.9 Å². The number of carbonyl (C=O) groups is 1. The molecule has 0 atom stereocenters. The predicted molar refractivity (Wildman–Crippen MR) is 120 cm³/mol. The number of carbonyl (C=O) groups excluding carboxylic acids is 1. The van der Waals surface area contributed by atoms with E-state index in [0.29, 0.717) is 28.7 Å². The summed E-state index contributed by atoms with van der Waals surface area (Å²) in [6.45, 7) is 0.905. The molecular formula is C24H16BrClO5. The van der Waals surface area contributed by atoms with Crippen LogP contribution in [0.2, 0.25) is 5.02 Å². The van der Waals surface area contributed by atoms with Gasteiger partial charge in [0, 0.05) is 26.7 Å². The van der Waals surface area contributed by atoms with Crippen LogP contribution in [0.15, 0.2) is 64.8 Å². The molecule has 0 amide bonds. The molecule has 0 radical (unpaired) electrons. The van der Waals surface area contributed by atoms with E-state index < -0.39 is 0 Å². The van der Waals surface area contributed by atoms with Gasteiger partial charge in [-0.15, -0.1) is 0 Å². The number of ether oxygens (including phenoxy) is 4. The van der Waals surface area contributed by atoms with Crippen LogP contribution in [0, 0.1) is 0 Å². The largest absolute Gasteiger partial charge is 0.489 e. The molecule has 2 heterocycles. The van der Waals surface area contributed by atoms with E-state index in [4.69, 9.17) is 30.5 Å². The molecule has 0 bridgehead atoms. The van der Waals surface area contributed by atoms with Gasteiger partial charge in [0.05, 0.1) is 12.2 Å². The molecule has 0 aromatic heterocycles. The van der Waals surface area contributed by atoms with Crippen LogP contribution in [0.4, 0.5) is 0 Å². The second-order valence-electron chi connectivity index (χ2n) is 7.07. The number of rotatable bonds is 4. The number of fused-ring (bicyclic) bond motifs is 2. The second kappa shape index (κ2) is 8.38. The van der Waals surface area contributed by atoms with Gasteiger partial charge in [0.2, 0.25) is 5.78 Å². The van der Waals surface area contributed by atoms with Crippen molar-refractivity contribution in [1.29, 1.82) is 0 Å². The third-order valence-corrected chi connectivity index (χ3v) is 5.92. The Kier molecular flexibility index (Phi) is 5.44. The number of hydrogen-bond donors (Lipinski definition) is 0. The molecule has 31 heavy (non-hydrogen) atoms. The molecule has 3 aromatic carbocycles. The highest BCUT2D eigenvalue weighted by molar-refractivity contribution is 9.10. The Hall–Kier alpha value is -2.80. The lowest BCUT2D eigenvalue weighted by atomic mass is 10.1. The lowest BCUT2D eigenvalue weighted by Gasteiger charge is -2.21. The minimum atomic E-state index is -0.158. The quantitative estimate of drug-likeness (QED) is 0.402. The van der Waals surface area contributed by atoms with Crippen molar-refractivity contribution < 1.29 is 23.7 Å². The van der Waals surface area contributed by atoms with E-state index in [0.717, 1.165) is 26.9 Å². The molecule has 0 unspecified atom stereocenters. The van der Waals surface area contributed by atoms with E-state index in [1.165, 1.54) is 0 Å². The minimum Gasteiger partial charge on any atom is -0.489 e. The van der Waals surface area contributed by atoms with Crippen LogP contribution in [0.3, 0.4) is 0 Å². The monoisotopic (exact) mass is 498 g/mol. The summed E-state index contributed by atoms with van der Waals surface area (Å²) in [5.41, 5.74) is 3.09. The maximum atomic E-state index is 12.7. The fourth-order valence-electron chi connectivity index (χ4n) is 3.52. The molecule has 0 saturated heterocycles. The van der Waals surface area contributed by atoms with Crippen molar-refractivity contribution >= 4 is 39.4 Å². The Morgan fingerprint density at radius 1 is 1.13 bits per heavy atom. The zero-order valence-corrected chi connectivity index (χ0v) is 18.5. The van der Waals surface area contributed by atoms with Gasteiger partial charge in [0.25, 0.3) is 0 Å². The molecule has 156 valence electrons. The van der Waals surface area contributed by atoms with Gasteiger partial charge in [0.1, 0.15) is 23.9 Å². The first-order valence-corrected chi connectivity index (χ1v) is 10.7. The Balaban J connectivity index is 1.36. The molecule has 3 aromatic rings.